The van der Waals surface area contributed by atoms with Crippen LogP contribution in [0.15, 0.2) is 47.6 Å². The molecule has 0 aliphatic carbocycles. The lowest BCUT2D eigenvalue weighted by Gasteiger charge is -2.21. The molecule has 3 rings (SSSR count). The largest absolute Gasteiger partial charge is 0.284 e. The monoisotopic (exact) mass is 409 g/mol. The van der Waals surface area contributed by atoms with E-state index in [4.69, 9.17) is 11.6 Å². The summed E-state index contributed by atoms with van der Waals surface area (Å²) >= 11 is 6.16. The Balaban J connectivity index is 1.92. The summed E-state index contributed by atoms with van der Waals surface area (Å²) in [6.07, 6.45) is 1.36. The molecule has 1 unspecified atom stereocenters. The van der Waals surface area contributed by atoms with Gasteiger partial charge in [-0.3, -0.25) is 9.52 Å². The lowest BCUT2D eigenvalue weighted by atomic mass is 9.98. The van der Waals surface area contributed by atoms with Gasteiger partial charge in [0, 0.05) is 29.6 Å². The van der Waals surface area contributed by atoms with Crippen LogP contribution in [0.3, 0.4) is 0 Å². The van der Waals surface area contributed by atoms with Crippen molar-refractivity contribution in [2.75, 3.05) is 11.0 Å². The average molecular weight is 410 g/mol. The van der Waals surface area contributed by atoms with E-state index in [9.17, 15) is 17.6 Å². The molecule has 0 radical (unpaired) electrons. The van der Waals surface area contributed by atoms with Crippen LogP contribution in [-0.4, -0.2) is 31.3 Å². The summed E-state index contributed by atoms with van der Waals surface area (Å²) in [6, 6.07) is 10.3. The van der Waals surface area contributed by atoms with E-state index in [0.717, 1.165) is 6.26 Å². The first-order chi connectivity index (χ1) is 12.7. The molecule has 0 aromatic heterocycles. The van der Waals surface area contributed by atoms with E-state index < -0.39 is 21.9 Å². The minimum Gasteiger partial charge on any atom is -0.284 e. The molecule has 6 nitrogen and oxygen atoms in total. The topological polar surface area (TPSA) is 78.8 Å². The van der Waals surface area contributed by atoms with Crippen LogP contribution in [0.25, 0.3) is 0 Å². The molecule has 0 bridgehead atoms. The molecule has 0 saturated heterocycles. The first-order valence-electron chi connectivity index (χ1n) is 8.05. The predicted octanol–water partition coefficient (Wildman–Crippen LogP) is 3.55. The zero-order chi connectivity index (χ0) is 19.8. The highest BCUT2D eigenvalue weighted by atomic mass is 35.5. The third-order valence-electron chi connectivity index (χ3n) is 4.09. The van der Waals surface area contributed by atoms with E-state index in [-0.39, 0.29) is 16.5 Å². The Morgan fingerprint density at radius 1 is 1.26 bits per heavy atom. The van der Waals surface area contributed by atoms with Crippen LogP contribution in [0.4, 0.5) is 10.1 Å². The Morgan fingerprint density at radius 3 is 2.48 bits per heavy atom. The highest BCUT2D eigenvalue weighted by molar-refractivity contribution is 7.92. The number of hydrogen-bond acceptors (Lipinski definition) is 4. The van der Waals surface area contributed by atoms with Gasteiger partial charge in [0.1, 0.15) is 5.82 Å². The first kappa shape index (κ1) is 19.3. The number of carbonyl (C=O) groups is 1. The number of sulfonamides is 1. The molecule has 1 aliphatic heterocycles. The number of nitrogens with one attached hydrogen (secondary N) is 1. The van der Waals surface area contributed by atoms with Crippen LogP contribution in [0.2, 0.25) is 5.02 Å². The minimum atomic E-state index is -3.37. The van der Waals surface area contributed by atoms with Crippen LogP contribution >= 0.6 is 11.6 Å². The van der Waals surface area contributed by atoms with Crippen LogP contribution in [0, 0.1) is 5.82 Å². The Kier molecular flexibility index (Phi) is 5.21. The summed E-state index contributed by atoms with van der Waals surface area (Å²) < 4.78 is 39.3. The molecule has 1 N–H and O–H groups in total. The normalized spacial score (nSPS) is 17.0. The zero-order valence-electron chi connectivity index (χ0n) is 14.6. The molecular weight excluding hydrogens is 393 g/mol. The summed E-state index contributed by atoms with van der Waals surface area (Å²) in [7, 11) is -3.37. The maximum Gasteiger partial charge on any atom is 0.240 e. The molecule has 142 valence electrons. The van der Waals surface area contributed by atoms with Gasteiger partial charge in [-0.2, -0.15) is 5.10 Å². The van der Waals surface area contributed by atoms with E-state index in [2.05, 4.69) is 9.82 Å². The van der Waals surface area contributed by atoms with E-state index >= 15 is 0 Å². The van der Waals surface area contributed by atoms with Gasteiger partial charge in [-0.25, -0.2) is 17.8 Å². The third kappa shape index (κ3) is 4.28. The van der Waals surface area contributed by atoms with Crippen molar-refractivity contribution in [1.82, 2.24) is 5.01 Å². The van der Waals surface area contributed by atoms with Gasteiger partial charge < -0.3 is 0 Å². The number of benzene rings is 2. The van der Waals surface area contributed by atoms with Crippen molar-refractivity contribution in [2.24, 2.45) is 5.10 Å². The number of anilines is 1. The van der Waals surface area contributed by atoms with Gasteiger partial charge >= 0.3 is 0 Å². The fraction of sp³-hybridized carbons (Fsp3) is 0.222. The molecule has 0 spiro atoms. The Labute approximate surface area is 161 Å². The zero-order valence-corrected chi connectivity index (χ0v) is 16.2. The van der Waals surface area contributed by atoms with Gasteiger partial charge in [-0.1, -0.05) is 29.8 Å². The Bertz CT molecular complexity index is 1000. The molecule has 1 heterocycles. The standard InChI is InChI=1S/C18H17ClFN3O3S/c1-11(24)23-17(18-14(19)4-3-5-15(18)20)10-16(21-23)12-6-8-13(9-7-12)22-27(2,25)26/h3-9,17,22H,10H2,1-2H3. The second-order valence-corrected chi connectivity index (χ2v) is 8.37. The van der Waals surface area contributed by atoms with Crippen LogP contribution in [0.1, 0.15) is 30.5 Å². The van der Waals surface area contributed by atoms with Crippen molar-refractivity contribution in [3.8, 4) is 0 Å². The molecule has 1 amide bonds. The molecule has 2 aromatic carbocycles. The van der Waals surface area contributed by atoms with Crippen molar-refractivity contribution in [3.05, 3.63) is 64.4 Å². The molecule has 0 saturated carbocycles. The van der Waals surface area contributed by atoms with Crippen molar-refractivity contribution in [2.45, 2.75) is 19.4 Å². The lowest BCUT2D eigenvalue weighted by Crippen LogP contribution is -2.25. The summed E-state index contributed by atoms with van der Waals surface area (Å²) in [6.45, 7) is 1.35. The van der Waals surface area contributed by atoms with Gasteiger partial charge in [0.25, 0.3) is 0 Å². The maximum absolute atomic E-state index is 14.3. The predicted molar refractivity (Wildman–Crippen MR) is 103 cm³/mol. The van der Waals surface area contributed by atoms with Crippen molar-refractivity contribution < 1.29 is 17.6 Å². The number of halogens is 2. The summed E-state index contributed by atoms with van der Waals surface area (Å²) in [4.78, 5) is 12.0. The van der Waals surface area contributed by atoms with Gasteiger partial charge in [0.2, 0.25) is 15.9 Å². The Morgan fingerprint density at radius 2 is 1.93 bits per heavy atom. The van der Waals surface area contributed by atoms with Crippen LogP contribution < -0.4 is 4.72 Å². The van der Waals surface area contributed by atoms with Crippen LogP contribution in [-0.2, 0) is 14.8 Å². The van der Waals surface area contributed by atoms with Crippen LogP contribution in [0.5, 0.6) is 0 Å². The van der Waals surface area contributed by atoms with Gasteiger partial charge in [-0.15, -0.1) is 0 Å². The van der Waals surface area contributed by atoms with Gasteiger partial charge in [-0.05, 0) is 29.8 Å². The maximum atomic E-state index is 14.3. The number of nitrogens with zero attached hydrogens (tertiary/aromatic N) is 2. The smallest absolute Gasteiger partial charge is 0.240 e. The number of hydrazone groups is 1. The lowest BCUT2D eigenvalue weighted by molar-refractivity contribution is -0.130. The summed E-state index contributed by atoms with van der Waals surface area (Å²) in [5, 5.41) is 5.79. The number of carbonyl (C=O) groups excluding carboxylic acids is 1. The minimum absolute atomic E-state index is 0.225. The quantitative estimate of drug-likeness (QED) is 0.838. The van der Waals surface area contributed by atoms with E-state index in [1.54, 1.807) is 30.3 Å². The highest BCUT2D eigenvalue weighted by Crippen LogP contribution is 2.37. The molecule has 1 aliphatic rings. The fourth-order valence-electron chi connectivity index (χ4n) is 2.97. The SMILES string of the molecule is CC(=O)N1N=C(c2ccc(NS(C)(=O)=O)cc2)CC1c1c(F)cccc1Cl. The van der Waals surface area contributed by atoms with Gasteiger partial charge in [0.05, 0.1) is 18.0 Å². The molecule has 9 heteroatoms. The number of rotatable bonds is 4. The molecule has 27 heavy (non-hydrogen) atoms. The number of amides is 1. The van der Waals surface area contributed by atoms with Crippen molar-refractivity contribution >= 4 is 38.9 Å². The fourth-order valence-corrected chi connectivity index (χ4v) is 3.83. The average Bonchev–Trinajstić information content (AvgIpc) is 2.99. The first-order valence-corrected chi connectivity index (χ1v) is 10.3. The summed E-state index contributed by atoms with van der Waals surface area (Å²) in [5.41, 5.74) is 1.93. The number of hydrogen-bond donors (Lipinski definition) is 1. The molecule has 0 fully saturated rings. The van der Waals surface area contributed by atoms with Gasteiger partial charge in [0.15, 0.2) is 0 Å². The Hall–Kier alpha value is -2.45. The molecule has 2 aromatic rings. The molecule has 1 atom stereocenters. The van der Waals surface area contributed by atoms with E-state index in [1.165, 1.54) is 24.1 Å². The van der Waals surface area contributed by atoms with Crippen molar-refractivity contribution in [3.63, 3.8) is 0 Å². The second kappa shape index (κ2) is 7.28. The van der Waals surface area contributed by atoms with E-state index in [1.807, 2.05) is 0 Å². The highest BCUT2D eigenvalue weighted by Gasteiger charge is 2.34. The van der Waals surface area contributed by atoms with E-state index in [0.29, 0.717) is 23.4 Å². The molecular formula is C18H17ClFN3O3S. The summed E-state index contributed by atoms with van der Waals surface area (Å²) in [5.74, 6) is -0.826. The second-order valence-electron chi connectivity index (χ2n) is 6.22. The third-order valence-corrected chi connectivity index (χ3v) is 5.02. The van der Waals surface area contributed by atoms with Crippen molar-refractivity contribution in [1.29, 1.82) is 0 Å².